The summed E-state index contributed by atoms with van der Waals surface area (Å²) in [5.74, 6) is 0.264. The maximum absolute atomic E-state index is 11.9. The largest absolute Gasteiger partial charge is 0.300 e. The van der Waals surface area contributed by atoms with Crippen LogP contribution in [-0.4, -0.2) is 29.8 Å². The summed E-state index contributed by atoms with van der Waals surface area (Å²) < 4.78 is 0. The molecule has 0 N–H and O–H groups in total. The van der Waals surface area contributed by atoms with E-state index in [0.29, 0.717) is 6.42 Å². The third-order valence-electron chi connectivity index (χ3n) is 3.19. The van der Waals surface area contributed by atoms with Crippen LogP contribution in [0.25, 0.3) is 0 Å². The first-order chi connectivity index (χ1) is 7.81. The lowest BCUT2D eigenvalue weighted by atomic mass is 10.1. The predicted octanol–water partition coefficient (Wildman–Crippen LogP) is 2.74. The number of carbonyl (C=O) groups is 1. The Morgan fingerprint density at radius 2 is 2.00 bits per heavy atom. The molecule has 0 heterocycles. The molecule has 86 valence electrons. The van der Waals surface area contributed by atoms with Crippen molar-refractivity contribution in [2.24, 2.45) is 0 Å². The number of hydrogen-bond acceptors (Lipinski definition) is 2. The monoisotopic (exact) mass is 217 g/mol. The Hall–Kier alpha value is -1.15. The van der Waals surface area contributed by atoms with Gasteiger partial charge in [0.2, 0.25) is 0 Å². The molecule has 0 saturated heterocycles. The van der Waals surface area contributed by atoms with Crippen molar-refractivity contribution < 1.29 is 4.79 Å². The van der Waals surface area contributed by atoms with Crippen molar-refractivity contribution in [1.29, 1.82) is 0 Å². The maximum Gasteiger partial charge on any atom is 0.164 e. The van der Waals surface area contributed by atoms with Crippen molar-refractivity contribution in [3.05, 3.63) is 35.9 Å². The van der Waals surface area contributed by atoms with E-state index in [1.54, 1.807) is 0 Å². The molecule has 2 nitrogen and oxygen atoms in total. The molecule has 0 spiro atoms. The van der Waals surface area contributed by atoms with Gasteiger partial charge in [0.1, 0.15) is 0 Å². The fourth-order valence-electron chi connectivity index (χ4n) is 2.05. The number of carbonyl (C=O) groups excluding carboxylic acids is 1. The lowest BCUT2D eigenvalue weighted by molar-refractivity contribution is 0.0964. The molecule has 0 bridgehead atoms. The Morgan fingerprint density at radius 3 is 2.56 bits per heavy atom. The maximum atomic E-state index is 11.9. The van der Waals surface area contributed by atoms with Crippen LogP contribution < -0.4 is 0 Å². The smallest absolute Gasteiger partial charge is 0.164 e. The summed E-state index contributed by atoms with van der Waals surface area (Å²) in [5.41, 5.74) is 0.842. The van der Waals surface area contributed by atoms with Crippen molar-refractivity contribution in [2.75, 3.05) is 13.1 Å². The van der Waals surface area contributed by atoms with Gasteiger partial charge in [-0.3, -0.25) is 4.79 Å². The second kappa shape index (κ2) is 5.26. The molecular formula is C14H19NO. The number of ketones is 1. The summed E-state index contributed by atoms with van der Waals surface area (Å²) in [7, 11) is 0. The molecule has 16 heavy (non-hydrogen) atoms. The van der Waals surface area contributed by atoms with E-state index in [-0.39, 0.29) is 5.78 Å². The van der Waals surface area contributed by atoms with Crippen molar-refractivity contribution >= 4 is 5.78 Å². The second-order valence-electron chi connectivity index (χ2n) is 4.40. The Kier molecular flexibility index (Phi) is 3.73. The molecule has 0 aromatic heterocycles. The molecule has 2 heteroatoms. The molecule has 1 saturated carbocycles. The van der Waals surface area contributed by atoms with Gasteiger partial charge in [-0.05, 0) is 19.4 Å². The van der Waals surface area contributed by atoms with E-state index in [9.17, 15) is 4.79 Å². The second-order valence-corrected chi connectivity index (χ2v) is 4.40. The zero-order valence-corrected chi connectivity index (χ0v) is 9.86. The highest BCUT2D eigenvalue weighted by Gasteiger charge is 2.27. The van der Waals surface area contributed by atoms with Gasteiger partial charge in [-0.15, -0.1) is 0 Å². The van der Waals surface area contributed by atoms with Gasteiger partial charge in [0.25, 0.3) is 0 Å². The van der Waals surface area contributed by atoms with Gasteiger partial charge in [-0.2, -0.15) is 0 Å². The average molecular weight is 217 g/mol. The third-order valence-corrected chi connectivity index (χ3v) is 3.19. The number of Topliss-reactive ketones (excluding diaryl/α,β-unsaturated/α-hetero) is 1. The lowest BCUT2D eigenvalue weighted by Gasteiger charge is -2.18. The fourth-order valence-corrected chi connectivity index (χ4v) is 2.05. The first-order valence-electron chi connectivity index (χ1n) is 6.13. The van der Waals surface area contributed by atoms with Gasteiger partial charge in [-0.1, -0.05) is 37.3 Å². The molecule has 0 amide bonds. The Bertz CT molecular complexity index is 343. The zero-order chi connectivity index (χ0) is 11.4. The van der Waals surface area contributed by atoms with E-state index < -0.39 is 0 Å². The van der Waals surface area contributed by atoms with Gasteiger partial charge in [0, 0.05) is 24.6 Å². The summed E-state index contributed by atoms with van der Waals surface area (Å²) in [6, 6.07) is 10.3. The van der Waals surface area contributed by atoms with Gasteiger partial charge >= 0.3 is 0 Å². The van der Waals surface area contributed by atoms with Crippen LogP contribution in [0.5, 0.6) is 0 Å². The Balaban J connectivity index is 1.83. The summed E-state index contributed by atoms with van der Waals surface area (Å²) in [5, 5.41) is 0. The minimum Gasteiger partial charge on any atom is -0.300 e. The van der Waals surface area contributed by atoms with Crippen LogP contribution in [0.4, 0.5) is 0 Å². The number of hydrogen-bond donors (Lipinski definition) is 0. The number of benzene rings is 1. The molecule has 1 aliphatic carbocycles. The van der Waals surface area contributed by atoms with Crippen molar-refractivity contribution in [1.82, 2.24) is 4.90 Å². The normalized spacial score (nSPS) is 15.4. The van der Waals surface area contributed by atoms with Crippen molar-refractivity contribution in [3.63, 3.8) is 0 Å². The quantitative estimate of drug-likeness (QED) is 0.683. The molecule has 0 radical (unpaired) electrons. The van der Waals surface area contributed by atoms with Gasteiger partial charge < -0.3 is 4.90 Å². The summed E-state index contributed by atoms with van der Waals surface area (Å²) in [6.07, 6.45) is 3.27. The lowest BCUT2D eigenvalue weighted by Crippen LogP contribution is -2.28. The molecule has 1 fully saturated rings. The van der Waals surface area contributed by atoms with Crippen molar-refractivity contribution in [2.45, 2.75) is 32.2 Å². The SMILES string of the molecule is CCN(CCC(=O)c1ccccc1)C1CC1. The average Bonchev–Trinajstić information content (AvgIpc) is 3.15. The predicted molar refractivity (Wildman–Crippen MR) is 65.7 cm³/mol. The topological polar surface area (TPSA) is 20.3 Å². The molecule has 1 aromatic carbocycles. The molecular weight excluding hydrogens is 198 g/mol. The first kappa shape index (κ1) is 11.3. The highest BCUT2D eigenvalue weighted by Crippen LogP contribution is 2.26. The zero-order valence-electron chi connectivity index (χ0n) is 9.86. The van der Waals surface area contributed by atoms with Crippen LogP contribution in [0.1, 0.15) is 36.5 Å². The van der Waals surface area contributed by atoms with Gasteiger partial charge in [0.05, 0.1) is 0 Å². The van der Waals surface area contributed by atoms with Crippen LogP contribution >= 0.6 is 0 Å². The van der Waals surface area contributed by atoms with Crippen LogP contribution in [0, 0.1) is 0 Å². The first-order valence-corrected chi connectivity index (χ1v) is 6.13. The molecule has 1 aromatic rings. The summed E-state index contributed by atoms with van der Waals surface area (Å²) in [4.78, 5) is 14.3. The van der Waals surface area contributed by atoms with Gasteiger partial charge in [0.15, 0.2) is 5.78 Å². The number of nitrogens with zero attached hydrogens (tertiary/aromatic N) is 1. The standard InChI is InChI=1S/C14H19NO/c1-2-15(13-8-9-13)11-10-14(16)12-6-4-3-5-7-12/h3-7,13H,2,8-11H2,1H3. The van der Waals surface area contributed by atoms with E-state index in [0.717, 1.165) is 24.7 Å². The molecule has 0 unspecified atom stereocenters. The van der Waals surface area contributed by atoms with Crippen LogP contribution in [0.2, 0.25) is 0 Å². The molecule has 0 aliphatic heterocycles. The molecule has 2 rings (SSSR count). The van der Waals surface area contributed by atoms with Crippen LogP contribution in [0.3, 0.4) is 0 Å². The van der Waals surface area contributed by atoms with Gasteiger partial charge in [-0.25, -0.2) is 0 Å². The van der Waals surface area contributed by atoms with Crippen LogP contribution in [0.15, 0.2) is 30.3 Å². The van der Waals surface area contributed by atoms with E-state index >= 15 is 0 Å². The molecule has 0 atom stereocenters. The van der Waals surface area contributed by atoms with E-state index in [1.165, 1.54) is 12.8 Å². The third kappa shape index (κ3) is 2.92. The fraction of sp³-hybridized carbons (Fsp3) is 0.500. The molecule has 1 aliphatic rings. The Labute approximate surface area is 97.3 Å². The van der Waals surface area contributed by atoms with Crippen molar-refractivity contribution in [3.8, 4) is 0 Å². The minimum atomic E-state index is 0.264. The summed E-state index contributed by atoms with van der Waals surface area (Å²) >= 11 is 0. The Morgan fingerprint density at radius 1 is 1.31 bits per heavy atom. The highest BCUT2D eigenvalue weighted by molar-refractivity contribution is 5.96. The van der Waals surface area contributed by atoms with E-state index in [4.69, 9.17) is 0 Å². The number of rotatable bonds is 6. The summed E-state index contributed by atoms with van der Waals surface area (Å²) in [6.45, 7) is 4.15. The minimum absolute atomic E-state index is 0.264. The highest BCUT2D eigenvalue weighted by atomic mass is 16.1. The van der Waals surface area contributed by atoms with E-state index in [2.05, 4.69) is 11.8 Å². The van der Waals surface area contributed by atoms with E-state index in [1.807, 2.05) is 30.3 Å². The van der Waals surface area contributed by atoms with Crippen LogP contribution in [-0.2, 0) is 0 Å².